The fraction of sp³-hybridized carbons (Fsp3) is 0.462. The summed E-state index contributed by atoms with van der Waals surface area (Å²) in [6.45, 7) is 0.526. The van der Waals surface area contributed by atoms with E-state index in [-0.39, 0.29) is 5.69 Å². The van der Waals surface area contributed by atoms with Crippen LogP contribution < -0.4 is 5.32 Å². The summed E-state index contributed by atoms with van der Waals surface area (Å²) < 4.78 is 13.7. The van der Waals surface area contributed by atoms with Crippen LogP contribution in [0.3, 0.4) is 0 Å². The van der Waals surface area contributed by atoms with Gasteiger partial charge in [0.25, 0.3) is 5.69 Å². The van der Waals surface area contributed by atoms with Gasteiger partial charge in [-0.05, 0) is 18.4 Å². The number of carbonyl (C=O) groups is 1. The van der Waals surface area contributed by atoms with Gasteiger partial charge in [-0.25, -0.2) is 9.18 Å². The smallest absolute Gasteiger partial charge is 0.342 e. The predicted octanol–water partition coefficient (Wildman–Crippen LogP) is 3.03. The Bertz CT molecular complexity index is 543. The molecule has 7 heteroatoms. The number of halogens is 1. The number of hydrogen-bond acceptors (Lipinski definition) is 4. The largest absolute Gasteiger partial charge is 0.477 e. The predicted molar refractivity (Wildman–Crippen MR) is 70.5 cm³/mol. The molecule has 0 atom stereocenters. The van der Waals surface area contributed by atoms with Gasteiger partial charge in [0.15, 0.2) is 5.82 Å². The molecule has 2 N–H and O–H groups in total. The fourth-order valence-electron chi connectivity index (χ4n) is 2.21. The van der Waals surface area contributed by atoms with Crippen LogP contribution in [-0.2, 0) is 0 Å². The van der Waals surface area contributed by atoms with E-state index >= 15 is 0 Å². The number of aromatic carboxylic acids is 1. The van der Waals surface area contributed by atoms with Crippen LogP contribution >= 0.6 is 0 Å². The highest BCUT2D eigenvalue weighted by atomic mass is 19.1. The van der Waals surface area contributed by atoms with Crippen LogP contribution in [0.5, 0.6) is 0 Å². The van der Waals surface area contributed by atoms with Crippen LogP contribution in [0, 0.1) is 21.8 Å². The van der Waals surface area contributed by atoms with Crippen molar-refractivity contribution in [3.05, 3.63) is 33.6 Å². The van der Waals surface area contributed by atoms with Gasteiger partial charge in [-0.1, -0.05) is 19.3 Å². The van der Waals surface area contributed by atoms with Gasteiger partial charge in [0.2, 0.25) is 0 Å². The number of hydrogen-bond donors (Lipinski definition) is 2. The first-order valence-electron chi connectivity index (χ1n) is 6.44. The van der Waals surface area contributed by atoms with Crippen LogP contribution in [0.15, 0.2) is 12.1 Å². The zero-order chi connectivity index (χ0) is 14.7. The van der Waals surface area contributed by atoms with Crippen molar-refractivity contribution in [3.8, 4) is 0 Å². The van der Waals surface area contributed by atoms with Crippen LogP contribution in [0.2, 0.25) is 0 Å². The molecule has 20 heavy (non-hydrogen) atoms. The van der Waals surface area contributed by atoms with Crippen LogP contribution in [0.25, 0.3) is 0 Å². The minimum atomic E-state index is -1.45. The first-order valence-corrected chi connectivity index (χ1v) is 6.44. The quantitative estimate of drug-likeness (QED) is 0.618. The Morgan fingerprint density at radius 1 is 1.50 bits per heavy atom. The van der Waals surface area contributed by atoms with E-state index in [0.717, 1.165) is 12.5 Å². The molecule has 1 fully saturated rings. The number of carboxylic acids is 1. The molecule has 108 valence electrons. The number of benzene rings is 1. The lowest BCUT2D eigenvalue weighted by molar-refractivity contribution is -0.385. The third kappa shape index (κ3) is 3.04. The van der Waals surface area contributed by atoms with Gasteiger partial charge in [0.05, 0.1) is 16.7 Å². The van der Waals surface area contributed by atoms with Gasteiger partial charge < -0.3 is 10.4 Å². The number of anilines is 1. The summed E-state index contributed by atoms with van der Waals surface area (Å²) >= 11 is 0. The van der Waals surface area contributed by atoms with Gasteiger partial charge in [-0.3, -0.25) is 10.1 Å². The molecule has 1 aromatic carbocycles. The number of nitrogens with one attached hydrogen (secondary N) is 1. The average Bonchev–Trinajstić information content (AvgIpc) is 2.32. The Hall–Kier alpha value is -2.18. The van der Waals surface area contributed by atoms with Crippen molar-refractivity contribution in [2.45, 2.75) is 25.7 Å². The van der Waals surface area contributed by atoms with Crippen molar-refractivity contribution >= 4 is 17.3 Å². The Morgan fingerprint density at radius 3 is 2.70 bits per heavy atom. The summed E-state index contributed by atoms with van der Waals surface area (Å²) in [4.78, 5) is 20.8. The molecule has 0 radical (unpaired) electrons. The molecule has 0 aliphatic heterocycles. The summed E-state index contributed by atoms with van der Waals surface area (Å²) in [5, 5.41) is 22.4. The van der Waals surface area contributed by atoms with Gasteiger partial charge in [0, 0.05) is 6.54 Å². The topological polar surface area (TPSA) is 92.5 Å². The summed E-state index contributed by atoms with van der Waals surface area (Å²) in [5.41, 5.74) is -1.26. The number of nitrogens with zero attached hydrogens (tertiary/aromatic N) is 1. The second-order valence-corrected chi connectivity index (χ2v) is 4.92. The molecular weight excluding hydrogens is 267 g/mol. The summed E-state index contributed by atoms with van der Waals surface area (Å²) in [5.74, 6) is -1.61. The zero-order valence-electron chi connectivity index (χ0n) is 10.8. The van der Waals surface area contributed by atoms with Crippen LogP contribution in [0.4, 0.5) is 15.8 Å². The van der Waals surface area contributed by atoms with Gasteiger partial charge >= 0.3 is 5.97 Å². The lowest BCUT2D eigenvalue weighted by atomic mass is 9.83. The summed E-state index contributed by atoms with van der Waals surface area (Å²) in [6, 6.07) is 1.63. The van der Waals surface area contributed by atoms with Crippen molar-refractivity contribution in [2.24, 2.45) is 5.92 Å². The molecule has 0 unspecified atom stereocenters. The monoisotopic (exact) mass is 282 g/mol. The van der Waals surface area contributed by atoms with Crippen molar-refractivity contribution in [1.29, 1.82) is 0 Å². The average molecular weight is 282 g/mol. The van der Waals surface area contributed by atoms with E-state index in [1.54, 1.807) is 0 Å². The van der Waals surface area contributed by atoms with E-state index in [1.807, 2.05) is 0 Å². The molecule has 0 bridgehead atoms. The van der Waals surface area contributed by atoms with Crippen molar-refractivity contribution in [1.82, 2.24) is 0 Å². The van der Waals surface area contributed by atoms with Crippen molar-refractivity contribution in [2.75, 3.05) is 11.9 Å². The lowest BCUT2D eigenvalue weighted by Gasteiger charge is -2.25. The molecular formula is C13H15FN2O4. The first-order chi connectivity index (χ1) is 9.49. The fourth-order valence-corrected chi connectivity index (χ4v) is 2.21. The Balaban J connectivity index is 2.13. The van der Waals surface area contributed by atoms with E-state index in [2.05, 4.69) is 5.32 Å². The minimum absolute atomic E-state index is 0.00711. The van der Waals surface area contributed by atoms with Gasteiger partial charge in [-0.15, -0.1) is 0 Å². The lowest BCUT2D eigenvalue weighted by Crippen LogP contribution is -2.16. The summed E-state index contributed by atoms with van der Waals surface area (Å²) in [6.07, 6.45) is 4.45. The highest BCUT2D eigenvalue weighted by Gasteiger charge is 2.23. The van der Waals surface area contributed by atoms with Crippen molar-refractivity contribution < 1.29 is 19.2 Å². The number of carboxylic acid groups (broad SMARTS) is 1. The Labute approximate surface area is 114 Å². The van der Waals surface area contributed by atoms with Gasteiger partial charge in [0.1, 0.15) is 5.56 Å². The summed E-state index contributed by atoms with van der Waals surface area (Å²) in [7, 11) is 0. The molecule has 0 heterocycles. The van der Waals surface area contributed by atoms with E-state index in [1.165, 1.54) is 19.3 Å². The molecule has 1 aliphatic rings. The number of nitro benzene ring substituents is 1. The van der Waals surface area contributed by atoms with E-state index < -0.39 is 28.0 Å². The molecule has 1 saturated carbocycles. The number of rotatable bonds is 6. The van der Waals surface area contributed by atoms with E-state index in [9.17, 15) is 19.3 Å². The van der Waals surface area contributed by atoms with Crippen molar-refractivity contribution in [3.63, 3.8) is 0 Å². The second kappa shape index (κ2) is 5.85. The third-order valence-corrected chi connectivity index (χ3v) is 3.61. The minimum Gasteiger partial charge on any atom is -0.477 e. The molecule has 0 spiro atoms. The SMILES string of the molecule is O=C(O)c1cc(NCCC2CCC2)c(F)cc1[N+](=O)[O-]. The Kier molecular flexibility index (Phi) is 4.16. The molecule has 0 saturated heterocycles. The van der Waals surface area contributed by atoms with Gasteiger partial charge in [-0.2, -0.15) is 0 Å². The van der Waals surface area contributed by atoms with Crippen LogP contribution in [-0.4, -0.2) is 22.5 Å². The van der Waals surface area contributed by atoms with Crippen LogP contribution in [0.1, 0.15) is 36.0 Å². The van der Waals surface area contributed by atoms with E-state index in [4.69, 9.17) is 5.11 Å². The van der Waals surface area contributed by atoms with E-state index in [0.29, 0.717) is 18.5 Å². The maximum Gasteiger partial charge on any atom is 0.342 e. The molecule has 6 nitrogen and oxygen atoms in total. The maximum absolute atomic E-state index is 13.7. The normalized spacial score (nSPS) is 14.7. The second-order valence-electron chi connectivity index (χ2n) is 4.92. The Morgan fingerprint density at radius 2 is 2.20 bits per heavy atom. The first kappa shape index (κ1) is 14.2. The molecule has 0 amide bonds. The molecule has 1 aliphatic carbocycles. The molecule has 0 aromatic heterocycles. The molecule has 1 aromatic rings. The number of nitro groups is 1. The standard InChI is InChI=1S/C13H15FN2O4/c14-10-7-12(16(19)20)9(13(17)18)6-11(10)15-5-4-8-2-1-3-8/h6-8,15H,1-5H2,(H,17,18). The highest BCUT2D eigenvalue weighted by Crippen LogP contribution is 2.30. The highest BCUT2D eigenvalue weighted by molar-refractivity contribution is 5.93. The maximum atomic E-state index is 13.7. The zero-order valence-corrected chi connectivity index (χ0v) is 10.8. The third-order valence-electron chi connectivity index (χ3n) is 3.61. The molecule has 2 rings (SSSR count).